The number of amides is 2. The molecule has 270 valence electrons. The highest BCUT2D eigenvalue weighted by Crippen LogP contribution is 2.61. The predicted molar refractivity (Wildman–Crippen MR) is 191 cm³/mol. The second kappa shape index (κ2) is 15.1. The zero-order chi connectivity index (χ0) is 35.8. The first-order valence-corrected chi connectivity index (χ1v) is 17.9. The van der Waals surface area contributed by atoms with Crippen LogP contribution in [0.4, 0.5) is 0 Å². The third-order valence-corrected chi connectivity index (χ3v) is 11.8. The van der Waals surface area contributed by atoms with Crippen LogP contribution in [0, 0.1) is 35.0 Å². The number of nitrogens with zero attached hydrogens (tertiary/aromatic N) is 2. The SMILES string of the molecule is COc1c(CN2O[C@@H](CO)C(C(C)O)[C@H]2C(=O)N[C@H]2C[C@H]3C[C@@H]([C@@H]2C)C3(C)C)cccc1-c1cccc(C(=O)N[C@H](CN(C)C)C(C)C)c1. The van der Waals surface area contributed by atoms with Gasteiger partial charge >= 0.3 is 0 Å². The summed E-state index contributed by atoms with van der Waals surface area (Å²) in [7, 11) is 5.60. The van der Waals surface area contributed by atoms with E-state index < -0.39 is 24.2 Å². The Balaban J connectivity index is 1.39. The van der Waals surface area contributed by atoms with Gasteiger partial charge in [0.05, 0.1) is 26.4 Å². The molecule has 49 heavy (non-hydrogen) atoms. The molecule has 3 aliphatic carbocycles. The zero-order valence-corrected chi connectivity index (χ0v) is 30.8. The van der Waals surface area contributed by atoms with Crippen molar-refractivity contribution < 1.29 is 29.4 Å². The Morgan fingerprint density at radius 3 is 2.43 bits per heavy atom. The maximum atomic E-state index is 14.1. The van der Waals surface area contributed by atoms with Gasteiger partial charge in [-0.3, -0.25) is 14.4 Å². The number of nitrogens with one attached hydrogen (secondary N) is 2. The van der Waals surface area contributed by atoms with Gasteiger partial charge in [-0.05, 0) is 80.6 Å². The maximum Gasteiger partial charge on any atom is 0.251 e. The number of para-hydroxylation sites is 1. The summed E-state index contributed by atoms with van der Waals surface area (Å²) in [6.45, 7) is 13.4. The van der Waals surface area contributed by atoms with Gasteiger partial charge in [0.15, 0.2) is 0 Å². The summed E-state index contributed by atoms with van der Waals surface area (Å²) in [5, 5.41) is 29.3. The van der Waals surface area contributed by atoms with Crippen molar-refractivity contribution in [3.8, 4) is 16.9 Å². The Hall–Kier alpha value is -3.02. The van der Waals surface area contributed by atoms with Crippen LogP contribution in [-0.4, -0.2) is 96.7 Å². The fraction of sp³-hybridized carbons (Fsp3) is 0.641. The van der Waals surface area contributed by atoms with E-state index in [1.54, 1.807) is 19.1 Å². The number of benzene rings is 2. The summed E-state index contributed by atoms with van der Waals surface area (Å²) < 4.78 is 5.99. The minimum absolute atomic E-state index is 0.00157. The number of methoxy groups -OCH3 is 1. The van der Waals surface area contributed by atoms with E-state index in [-0.39, 0.29) is 43.0 Å². The summed E-state index contributed by atoms with van der Waals surface area (Å²) >= 11 is 0. The third kappa shape index (κ3) is 7.54. The predicted octanol–water partition coefficient (Wildman–Crippen LogP) is 4.34. The van der Waals surface area contributed by atoms with Gasteiger partial charge < -0.3 is 30.5 Å². The Kier molecular flexibility index (Phi) is 11.5. The van der Waals surface area contributed by atoms with E-state index in [4.69, 9.17) is 9.57 Å². The molecule has 4 N–H and O–H groups in total. The van der Waals surface area contributed by atoms with E-state index in [0.717, 1.165) is 29.7 Å². The number of fused-ring (bicyclic) bond motifs is 2. The van der Waals surface area contributed by atoms with Gasteiger partial charge in [-0.15, -0.1) is 0 Å². The molecule has 3 saturated carbocycles. The number of hydrogen-bond donors (Lipinski definition) is 4. The number of aliphatic hydroxyl groups excluding tert-OH is 2. The van der Waals surface area contributed by atoms with Crippen LogP contribution in [0.2, 0.25) is 0 Å². The second-order valence-electron chi connectivity index (χ2n) is 15.9. The summed E-state index contributed by atoms with van der Waals surface area (Å²) in [5.41, 5.74) is 3.24. The lowest BCUT2D eigenvalue weighted by Crippen LogP contribution is -2.62. The minimum Gasteiger partial charge on any atom is -0.496 e. The maximum absolute atomic E-state index is 14.1. The van der Waals surface area contributed by atoms with Gasteiger partial charge in [0.2, 0.25) is 5.91 Å². The van der Waals surface area contributed by atoms with Crippen LogP contribution < -0.4 is 15.4 Å². The number of aliphatic hydroxyl groups is 2. The van der Waals surface area contributed by atoms with Gasteiger partial charge in [0.25, 0.3) is 5.91 Å². The van der Waals surface area contributed by atoms with Crippen molar-refractivity contribution in [2.24, 2.45) is 35.0 Å². The summed E-state index contributed by atoms with van der Waals surface area (Å²) in [6.07, 6.45) is 0.524. The lowest BCUT2D eigenvalue weighted by atomic mass is 9.45. The van der Waals surface area contributed by atoms with E-state index in [1.165, 1.54) is 6.42 Å². The van der Waals surface area contributed by atoms with Crippen molar-refractivity contribution >= 4 is 11.8 Å². The number of likely N-dealkylation sites (N-methyl/N-ethyl adjacent to an activating group) is 1. The largest absolute Gasteiger partial charge is 0.496 e. The van der Waals surface area contributed by atoms with Crippen molar-refractivity contribution in [2.75, 3.05) is 34.4 Å². The molecule has 2 aromatic rings. The van der Waals surface area contributed by atoms with Gasteiger partial charge in [0, 0.05) is 41.2 Å². The summed E-state index contributed by atoms with van der Waals surface area (Å²) in [6, 6.07) is 12.5. The van der Waals surface area contributed by atoms with Gasteiger partial charge in [0.1, 0.15) is 17.9 Å². The van der Waals surface area contributed by atoms with Crippen LogP contribution in [0.15, 0.2) is 42.5 Å². The summed E-state index contributed by atoms with van der Waals surface area (Å²) in [4.78, 5) is 35.8. The summed E-state index contributed by atoms with van der Waals surface area (Å²) in [5.74, 6) is 1.41. The van der Waals surface area contributed by atoms with Gasteiger partial charge in [-0.25, -0.2) is 0 Å². The van der Waals surface area contributed by atoms with Crippen molar-refractivity contribution in [1.29, 1.82) is 0 Å². The van der Waals surface area contributed by atoms with Gasteiger partial charge in [-0.2, -0.15) is 5.06 Å². The number of hydroxylamine groups is 2. The van der Waals surface area contributed by atoms with Crippen LogP contribution >= 0.6 is 0 Å². The molecular formula is C39H58N4O6. The molecule has 2 aromatic carbocycles. The molecule has 0 aromatic heterocycles. The first-order valence-electron chi connectivity index (χ1n) is 17.9. The normalized spacial score (nSPS) is 29.0. The first-order chi connectivity index (χ1) is 23.2. The Morgan fingerprint density at radius 1 is 1.12 bits per heavy atom. The highest BCUT2D eigenvalue weighted by Gasteiger charge is 2.57. The Bertz CT molecular complexity index is 1480. The van der Waals surface area contributed by atoms with Crippen molar-refractivity contribution in [2.45, 2.75) is 91.3 Å². The molecular weight excluding hydrogens is 620 g/mol. The molecule has 1 aliphatic heterocycles. The highest BCUT2D eigenvalue weighted by atomic mass is 16.7. The monoisotopic (exact) mass is 678 g/mol. The third-order valence-electron chi connectivity index (χ3n) is 11.8. The molecule has 4 fully saturated rings. The Labute approximate surface area is 292 Å². The number of carbonyl (C=O) groups excluding carboxylic acids is 2. The van der Waals surface area contributed by atoms with Crippen LogP contribution in [0.3, 0.4) is 0 Å². The van der Waals surface area contributed by atoms with Crippen LogP contribution in [0.1, 0.15) is 70.3 Å². The molecule has 6 rings (SSSR count). The fourth-order valence-corrected chi connectivity index (χ4v) is 8.73. The molecule has 1 saturated heterocycles. The number of hydrogen-bond acceptors (Lipinski definition) is 8. The molecule has 4 aliphatic rings. The Morgan fingerprint density at radius 2 is 1.84 bits per heavy atom. The van der Waals surface area contributed by atoms with E-state index >= 15 is 0 Å². The van der Waals surface area contributed by atoms with E-state index in [9.17, 15) is 19.8 Å². The molecule has 2 unspecified atom stereocenters. The van der Waals surface area contributed by atoms with Crippen molar-refractivity contribution in [3.63, 3.8) is 0 Å². The number of ether oxygens (including phenoxy) is 1. The molecule has 2 bridgehead atoms. The van der Waals surface area contributed by atoms with E-state index in [1.807, 2.05) is 56.6 Å². The second-order valence-corrected chi connectivity index (χ2v) is 15.9. The van der Waals surface area contributed by atoms with E-state index in [2.05, 4.69) is 50.2 Å². The lowest BCUT2D eigenvalue weighted by Gasteiger charge is -2.62. The van der Waals surface area contributed by atoms with Crippen LogP contribution in [0.5, 0.6) is 5.75 Å². The topological polar surface area (TPSA) is 124 Å². The van der Waals surface area contributed by atoms with Crippen LogP contribution in [0.25, 0.3) is 11.1 Å². The number of carbonyl (C=O) groups is 2. The average molecular weight is 679 g/mol. The highest BCUT2D eigenvalue weighted by molar-refractivity contribution is 5.96. The molecule has 9 atom stereocenters. The number of rotatable bonds is 13. The fourth-order valence-electron chi connectivity index (χ4n) is 8.73. The molecule has 0 radical (unpaired) electrons. The lowest BCUT2D eigenvalue weighted by molar-refractivity contribution is -0.183. The van der Waals surface area contributed by atoms with Crippen LogP contribution in [-0.2, 0) is 16.2 Å². The van der Waals surface area contributed by atoms with E-state index in [0.29, 0.717) is 34.5 Å². The van der Waals surface area contributed by atoms with Gasteiger partial charge in [-0.1, -0.05) is 65.0 Å². The van der Waals surface area contributed by atoms with Crippen molar-refractivity contribution in [1.82, 2.24) is 20.6 Å². The average Bonchev–Trinajstić information content (AvgIpc) is 3.43. The quantitative estimate of drug-likeness (QED) is 0.247. The molecule has 10 heteroatoms. The molecule has 10 nitrogen and oxygen atoms in total. The molecule has 2 amide bonds. The van der Waals surface area contributed by atoms with Crippen molar-refractivity contribution in [3.05, 3.63) is 53.6 Å². The minimum atomic E-state index is -0.885. The standard InChI is InChI=1S/C39H58N4O6/c1-22(2)32(20-42(7)8)41-37(46)26-13-10-12-25(16-26)29-15-11-14-27(36(29)48-9)19-43-35(34(24(4)45)33(21-44)49-43)38(47)40-31-18-28-17-30(23(31)3)39(28,5)6/h10-16,22-24,28,30-35,44-45H,17-21H2,1-9H3,(H,40,47)(H,41,46)/t23-,24?,28+,30-,31-,32+,33-,34?,35-/m0/s1. The molecule has 0 spiro atoms. The first kappa shape index (κ1) is 37.2. The smallest absolute Gasteiger partial charge is 0.251 e. The zero-order valence-electron chi connectivity index (χ0n) is 30.8. The molecule has 1 heterocycles.